The van der Waals surface area contributed by atoms with Gasteiger partial charge < -0.3 is 4.74 Å². The molecule has 0 radical (unpaired) electrons. The van der Waals surface area contributed by atoms with E-state index >= 15 is 0 Å². The van der Waals surface area contributed by atoms with Gasteiger partial charge in [-0.25, -0.2) is 4.79 Å². The summed E-state index contributed by atoms with van der Waals surface area (Å²) in [6.07, 6.45) is 1.99. The van der Waals surface area contributed by atoms with Crippen LogP contribution in [0.1, 0.15) is 10.4 Å². The van der Waals surface area contributed by atoms with Crippen LogP contribution in [0.2, 0.25) is 0 Å². The van der Waals surface area contributed by atoms with Crippen LogP contribution in [0, 0.1) is 0 Å². The number of ether oxygens (including phenoxy) is 1. The summed E-state index contributed by atoms with van der Waals surface area (Å²) in [6.45, 7) is 0.364. The fourth-order valence-electron chi connectivity index (χ4n) is 2.59. The molecule has 0 spiro atoms. The topological polar surface area (TPSA) is 26.3 Å². The number of hydrogen-bond donors (Lipinski definition) is 0. The molecule has 92 valence electrons. The zero-order chi connectivity index (χ0) is 12.8. The monoisotopic (exact) mass is 266 g/mol. The van der Waals surface area contributed by atoms with Crippen molar-refractivity contribution in [2.75, 3.05) is 6.61 Å². The van der Waals surface area contributed by atoms with Gasteiger partial charge in [-0.05, 0) is 45.2 Å². The Balaban J connectivity index is 2.10. The lowest BCUT2D eigenvalue weighted by molar-refractivity contribution is 0.0549. The van der Waals surface area contributed by atoms with Crippen molar-refractivity contribution in [2.45, 2.75) is 4.90 Å². The highest BCUT2D eigenvalue weighted by molar-refractivity contribution is 8.06. The summed E-state index contributed by atoms with van der Waals surface area (Å²) in [7, 11) is 0. The molecule has 0 atom stereocenters. The van der Waals surface area contributed by atoms with E-state index in [0.717, 1.165) is 10.4 Å². The molecular weight excluding hydrogens is 256 g/mol. The number of cyclic esters (lactones) is 1. The van der Waals surface area contributed by atoms with E-state index in [-0.39, 0.29) is 5.97 Å². The predicted octanol–water partition coefficient (Wildman–Crippen LogP) is 2.15. The van der Waals surface area contributed by atoms with Gasteiger partial charge in [-0.1, -0.05) is 36.0 Å². The van der Waals surface area contributed by atoms with Crippen molar-refractivity contribution in [3.8, 4) is 11.1 Å². The highest BCUT2D eigenvalue weighted by atomic mass is 32.2. The van der Waals surface area contributed by atoms with Gasteiger partial charge in [0, 0.05) is 4.90 Å². The molecular formula is C16H10O2S. The summed E-state index contributed by atoms with van der Waals surface area (Å²) in [5.41, 5.74) is 3.10. The number of rotatable bonds is 0. The minimum Gasteiger partial charge on any atom is -0.458 e. The number of carbonyl (C=O) groups is 1. The SMILES string of the molecule is O=C1OCC=c2c1ccc1c2=CSc2ccccc2-1. The Morgan fingerprint density at radius 1 is 0.947 bits per heavy atom. The van der Waals surface area contributed by atoms with Gasteiger partial charge in [-0.15, -0.1) is 0 Å². The van der Waals surface area contributed by atoms with E-state index in [1.165, 1.54) is 16.0 Å². The normalized spacial score (nSPS) is 15.3. The minimum absolute atomic E-state index is 0.224. The first kappa shape index (κ1) is 10.9. The zero-order valence-corrected chi connectivity index (χ0v) is 10.9. The molecule has 0 aromatic heterocycles. The van der Waals surface area contributed by atoms with Crippen molar-refractivity contribution in [1.82, 2.24) is 0 Å². The van der Waals surface area contributed by atoms with Gasteiger partial charge in [-0.2, -0.15) is 0 Å². The standard InChI is InChI=1S/C16H10O2S/c17-16-13-6-5-10-12-3-1-2-4-15(12)19-9-14(10)11(13)7-8-18-16/h1-7,9H,8H2. The van der Waals surface area contributed by atoms with Gasteiger partial charge >= 0.3 is 5.97 Å². The maximum absolute atomic E-state index is 11.8. The van der Waals surface area contributed by atoms with Gasteiger partial charge in [0.2, 0.25) is 0 Å². The van der Waals surface area contributed by atoms with Crippen LogP contribution in [0.25, 0.3) is 22.6 Å². The number of hydrogen-bond acceptors (Lipinski definition) is 3. The lowest BCUT2D eigenvalue weighted by atomic mass is 9.98. The van der Waals surface area contributed by atoms with Crippen LogP contribution in [0.3, 0.4) is 0 Å². The van der Waals surface area contributed by atoms with Crippen LogP contribution in [0.4, 0.5) is 0 Å². The summed E-state index contributed by atoms with van der Waals surface area (Å²) in [4.78, 5) is 13.0. The summed E-state index contributed by atoms with van der Waals surface area (Å²) in [5.74, 6) is -0.224. The Kier molecular flexibility index (Phi) is 2.29. The van der Waals surface area contributed by atoms with E-state index < -0.39 is 0 Å². The maximum atomic E-state index is 11.8. The molecule has 2 aromatic carbocycles. The Morgan fingerprint density at radius 2 is 1.79 bits per heavy atom. The summed E-state index contributed by atoms with van der Waals surface area (Å²) >= 11 is 1.71. The average molecular weight is 266 g/mol. The van der Waals surface area contributed by atoms with Gasteiger partial charge in [0.15, 0.2) is 0 Å². The van der Waals surface area contributed by atoms with E-state index in [9.17, 15) is 4.79 Å². The van der Waals surface area contributed by atoms with E-state index in [0.29, 0.717) is 12.2 Å². The molecule has 19 heavy (non-hydrogen) atoms. The van der Waals surface area contributed by atoms with Crippen molar-refractivity contribution < 1.29 is 9.53 Å². The third-order valence-corrected chi connectivity index (χ3v) is 4.45. The molecule has 0 fully saturated rings. The van der Waals surface area contributed by atoms with Gasteiger partial charge in [0.05, 0.1) is 5.56 Å². The first-order valence-electron chi connectivity index (χ1n) is 6.11. The fraction of sp³-hybridized carbons (Fsp3) is 0.0625. The van der Waals surface area contributed by atoms with Crippen LogP contribution >= 0.6 is 11.8 Å². The van der Waals surface area contributed by atoms with Crippen LogP contribution in [-0.4, -0.2) is 12.6 Å². The molecule has 0 amide bonds. The second-order valence-electron chi connectivity index (χ2n) is 4.52. The second-order valence-corrected chi connectivity index (χ2v) is 5.43. The Labute approximate surface area is 114 Å². The van der Waals surface area contributed by atoms with Crippen molar-refractivity contribution >= 4 is 29.2 Å². The molecule has 2 aliphatic rings. The van der Waals surface area contributed by atoms with Crippen molar-refractivity contribution in [1.29, 1.82) is 0 Å². The summed E-state index contributed by atoms with van der Waals surface area (Å²) in [5, 5.41) is 4.28. The first-order chi connectivity index (χ1) is 9.34. The third-order valence-electron chi connectivity index (χ3n) is 3.49. The van der Waals surface area contributed by atoms with Gasteiger partial charge in [0.1, 0.15) is 6.61 Å². The molecule has 2 aromatic rings. The van der Waals surface area contributed by atoms with Gasteiger partial charge in [-0.3, -0.25) is 0 Å². The number of esters is 1. The molecule has 2 aliphatic heterocycles. The summed E-state index contributed by atoms with van der Waals surface area (Å²) < 4.78 is 5.05. The number of carbonyl (C=O) groups excluding carboxylic acids is 1. The quantitative estimate of drug-likeness (QED) is 0.683. The Bertz CT molecular complexity index is 821. The molecule has 3 heteroatoms. The van der Waals surface area contributed by atoms with Crippen molar-refractivity contribution in [2.24, 2.45) is 0 Å². The summed E-state index contributed by atoms with van der Waals surface area (Å²) in [6, 6.07) is 12.2. The number of thioether (sulfide) groups is 1. The Hall–Kier alpha value is -2.00. The highest BCUT2D eigenvalue weighted by Gasteiger charge is 2.18. The molecule has 0 N–H and O–H groups in total. The molecule has 2 heterocycles. The molecule has 4 rings (SSSR count). The van der Waals surface area contributed by atoms with Crippen LogP contribution in [0.15, 0.2) is 41.3 Å². The molecule has 0 saturated carbocycles. The first-order valence-corrected chi connectivity index (χ1v) is 6.99. The predicted molar refractivity (Wildman–Crippen MR) is 76.2 cm³/mol. The Morgan fingerprint density at radius 3 is 2.74 bits per heavy atom. The zero-order valence-electron chi connectivity index (χ0n) is 10.1. The molecule has 0 bridgehead atoms. The van der Waals surface area contributed by atoms with Gasteiger partial charge in [0.25, 0.3) is 0 Å². The minimum atomic E-state index is -0.224. The molecule has 0 aliphatic carbocycles. The largest absolute Gasteiger partial charge is 0.458 e. The molecule has 0 unspecified atom stereocenters. The molecule has 0 saturated heterocycles. The third kappa shape index (κ3) is 1.55. The smallest absolute Gasteiger partial charge is 0.339 e. The number of benzene rings is 2. The average Bonchev–Trinajstić information content (AvgIpc) is 2.47. The van der Waals surface area contributed by atoms with Crippen LogP contribution in [-0.2, 0) is 4.74 Å². The lowest BCUT2D eigenvalue weighted by Crippen LogP contribution is -2.37. The highest BCUT2D eigenvalue weighted by Crippen LogP contribution is 2.33. The van der Waals surface area contributed by atoms with E-state index in [4.69, 9.17) is 4.74 Å². The van der Waals surface area contributed by atoms with Crippen LogP contribution in [0.5, 0.6) is 0 Å². The van der Waals surface area contributed by atoms with E-state index in [1.807, 2.05) is 30.3 Å². The second kappa shape index (κ2) is 4.00. The lowest BCUT2D eigenvalue weighted by Gasteiger charge is -2.17. The maximum Gasteiger partial charge on any atom is 0.339 e. The number of fused-ring (bicyclic) bond motifs is 5. The fourth-order valence-corrected chi connectivity index (χ4v) is 3.55. The van der Waals surface area contributed by atoms with E-state index in [1.54, 1.807) is 11.8 Å². The van der Waals surface area contributed by atoms with Crippen LogP contribution < -0.4 is 10.4 Å². The van der Waals surface area contributed by atoms with Crippen molar-refractivity contribution in [3.63, 3.8) is 0 Å². The van der Waals surface area contributed by atoms with Crippen molar-refractivity contribution in [3.05, 3.63) is 52.4 Å². The molecule has 2 nitrogen and oxygen atoms in total. The van der Waals surface area contributed by atoms with E-state index in [2.05, 4.69) is 17.5 Å².